The van der Waals surface area contributed by atoms with Gasteiger partial charge in [0.25, 0.3) is 0 Å². The summed E-state index contributed by atoms with van der Waals surface area (Å²) in [5.41, 5.74) is 2.79. The van der Waals surface area contributed by atoms with Crippen LogP contribution in [-0.2, 0) is 0 Å². The van der Waals surface area contributed by atoms with Crippen molar-refractivity contribution >= 4 is 16.7 Å². The maximum absolute atomic E-state index is 4.46. The number of hydrogen-bond acceptors (Lipinski definition) is 4. The largest absolute Gasteiger partial charge is 0.369 e. The first kappa shape index (κ1) is 11.6. The van der Waals surface area contributed by atoms with Gasteiger partial charge in [0.15, 0.2) is 5.82 Å². The molecule has 0 spiro atoms. The highest BCUT2D eigenvalue weighted by molar-refractivity contribution is 5.94. The van der Waals surface area contributed by atoms with Gasteiger partial charge in [-0.2, -0.15) is 0 Å². The van der Waals surface area contributed by atoms with Gasteiger partial charge in [0, 0.05) is 36.1 Å². The molecule has 94 valence electrons. The molecule has 0 atom stereocenters. The lowest BCUT2D eigenvalue weighted by Crippen LogP contribution is -2.02. The summed E-state index contributed by atoms with van der Waals surface area (Å²) in [5, 5.41) is 4.34. The SMILES string of the molecule is CCNc1nccnc1-c1cccc2cccnc12. The van der Waals surface area contributed by atoms with Gasteiger partial charge in [-0.05, 0) is 13.0 Å². The molecular weight excluding hydrogens is 236 g/mol. The Morgan fingerprint density at radius 3 is 2.68 bits per heavy atom. The minimum absolute atomic E-state index is 0.795. The van der Waals surface area contributed by atoms with Gasteiger partial charge in [0.1, 0.15) is 5.69 Å². The van der Waals surface area contributed by atoms with E-state index in [0.717, 1.165) is 34.5 Å². The van der Waals surface area contributed by atoms with Crippen LogP contribution in [0.15, 0.2) is 48.9 Å². The van der Waals surface area contributed by atoms with E-state index < -0.39 is 0 Å². The number of hydrogen-bond donors (Lipinski definition) is 1. The van der Waals surface area contributed by atoms with Crippen molar-refractivity contribution in [2.75, 3.05) is 11.9 Å². The number of nitrogens with zero attached hydrogens (tertiary/aromatic N) is 3. The van der Waals surface area contributed by atoms with Crippen molar-refractivity contribution < 1.29 is 0 Å². The van der Waals surface area contributed by atoms with Gasteiger partial charge in [0.2, 0.25) is 0 Å². The molecule has 0 saturated heterocycles. The fourth-order valence-electron chi connectivity index (χ4n) is 2.13. The van der Waals surface area contributed by atoms with Crippen LogP contribution < -0.4 is 5.32 Å². The molecule has 2 aromatic heterocycles. The lowest BCUT2D eigenvalue weighted by atomic mass is 10.1. The van der Waals surface area contributed by atoms with Gasteiger partial charge < -0.3 is 5.32 Å². The number of nitrogens with one attached hydrogen (secondary N) is 1. The van der Waals surface area contributed by atoms with Gasteiger partial charge in [0.05, 0.1) is 5.52 Å². The van der Waals surface area contributed by atoms with Gasteiger partial charge in [-0.1, -0.05) is 24.3 Å². The van der Waals surface area contributed by atoms with Crippen molar-refractivity contribution in [3.05, 3.63) is 48.9 Å². The number of para-hydroxylation sites is 1. The zero-order valence-corrected chi connectivity index (χ0v) is 10.7. The van der Waals surface area contributed by atoms with Gasteiger partial charge in [-0.25, -0.2) is 4.98 Å². The molecule has 0 fully saturated rings. The molecule has 0 amide bonds. The predicted molar refractivity (Wildman–Crippen MR) is 76.9 cm³/mol. The molecule has 0 saturated carbocycles. The first-order valence-corrected chi connectivity index (χ1v) is 6.29. The van der Waals surface area contributed by atoms with Crippen LogP contribution in [0.1, 0.15) is 6.92 Å². The maximum atomic E-state index is 4.46. The molecule has 0 aliphatic rings. The average Bonchev–Trinajstić information content (AvgIpc) is 2.48. The van der Waals surface area contributed by atoms with E-state index in [1.807, 2.05) is 25.1 Å². The first-order valence-electron chi connectivity index (χ1n) is 6.29. The molecule has 4 nitrogen and oxygen atoms in total. The fourth-order valence-corrected chi connectivity index (χ4v) is 2.13. The number of pyridine rings is 1. The first-order chi connectivity index (χ1) is 9.40. The minimum atomic E-state index is 0.795. The summed E-state index contributed by atoms with van der Waals surface area (Å²) >= 11 is 0. The average molecular weight is 250 g/mol. The van der Waals surface area contributed by atoms with Crippen molar-refractivity contribution in [1.29, 1.82) is 0 Å². The molecule has 0 radical (unpaired) electrons. The third-order valence-corrected chi connectivity index (χ3v) is 2.93. The maximum Gasteiger partial charge on any atom is 0.152 e. The van der Waals surface area contributed by atoms with E-state index in [2.05, 4.69) is 32.4 Å². The van der Waals surface area contributed by atoms with E-state index >= 15 is 0 Å². The molecule has 2 heterocycles. The number of benzene rings is 1. The highest BCUT2D eigenvalue weighted by Crippen LogP contribution is 2.29. The Morgan fingerprint density at radius 1 is 0.947 bits per heavy atom. The van der Waals surface area contributed by atoms with Crippen LogP contribution in [0.4, 0.5) is 5.82 Å². The van der Waals surface area contributed by atoms with Crippen LogP contribution >= 0.6 is 0 Å². The van der Waals surface area contributed by atoms with E-state index in [1.54, 1.807) is 18.6 Å². The zero-order valence-electron chi connectivity index (χ0n) is 10.7. The summed E-state index contributed by atoms with van der Waals surface area (Å²) < 4.78 is 0. The van der Waals surface area contributed by atoms with Crippen LogP contribution in [0, 0.1) is 0 Å². The van der Waals surface area contributed by atoms with E-state index in [0.29, 0.717) is 0 Å². The second kappa shape index (κ2) is 5.02. The van der Waals surface area contributed by atoms with Crippen LogP contribution in [0.3, 0.4) is 0 Å². The highest BCUT2D eigenvalue weighted by atomic mass is 15.0. The Kier molecular flexibility index (Phi) is 3.06. The molecule has 4 heteroatoms. The summed E-state index contributed by atoms with van der Waals surface area (Å²) in [6.45, 7) is 2.85. The summed E-state index contributed by atoms with van der Waals surface area (Å²) in [6, 6.07) is 10.1. The number of aromatic nitrogens is 3. The second-order valence-electron chi connectivity index (χ2n) is 4.16. The van der Waals surface area contributed by atoms with Crippen molar-refractivity contribution in [2.24, 2.45) is 0 Å². The molecule has 19 heavy (non-hydrogen) atoms. The molecule has 3 aromatic rings. The summed E-state index contributed by atoms with van der Waals surface area (Å²) in [6.07, 6.45) is 5.20. The molecule has 0 aliphatic heterocycles. The Balaban J connectivity index is 2.25. The highest BCUT2D eigenvalue weighted by Gasteiger charge is 2.10. The topological polar surface area (TPSA) is 50.7 Å². The van der Waals surface area contributed by atoms with Gasteiger partial charge in [-0.15, -0.1) is 0 Å². The zero-order chi connectivity index (χ0) is 13.1. The van der Waals surface area contributed by atoms with Crippen molar-refractivity contribution in [2.45, 2.75) is 6.92 Å². The Bertz CT molecular complexity index is 704. The van der Waals surface area contributed by atoms with Gasteiger partial charge >= 0.3 is 0 Å². The summed E-state index contributed by atoms with van der Waals surface area (Å²) in [5.74, 6) is 0.795. The van der Waals surface area contributed by atoms with Crippen molar-refractivity contribution in [1.82, 2.24) is 15.0 Å². The lowest BCUT2D eigenvalue weighted by molar-refractivity contribution is 1.12. The molecule has 0 unspecified atom stereocenters. The normalized spacial score (nSPS) is 10.6. The fraction of sp³-hybridized carbons (Fsp3) is 0.133. The molecule has 3 rings (SSSR count). The Morgan fingerprint density at radius 2 is 1.79 bits per heavy atom. The smallest absolute Gasteiger partial charge is 0.152 e. The van der Waals surface area contributed by atoms with E-state index in [-0.39, 0.29) is 0 Å². The lowest BCUT2D eigenvalue weighted by Gasteiger charge is -2.10. The van der Waals surface area contributed by atoms with E-state index in [1.165, 1.54) is 0 Å². The monoisotopic (exact) mass is 250 g/mol. The van der Waals surface area contributed by atoms with Gasteiger partial charge in [-0.3, -0.25) is 9.97 Å². The molecule has 0 bridgehead atoms. The van der Waals surface area contributed by atoms with Crippen LogP contribution in [0.25, 0.3) is 22.2 Å². The molecule has 1 aromatic carbocycles. The minimum Gasteiger partial charge on any atom is -0.369 e. The Labute approximate surface area is 111 Å². The van der Waals surface area contributed by atoms with Crippen LogP contribution in [0.5, 0.6) is 0 Å². The Hall–Kier alpha value is -2.49. The number of fused-ring (bicyclic) bond motifs is 1. The molecule has 0 aliphatic carbocycles. The quantitative estimate of drug-likeness (QED) is 0.776. The third-order valence-electron chi connectivity index (χ3n) is 2.93. The predicted octanol–water partition coefficient (Wildman–Crippen LogP) is 3.12. The number of rotatable bonds is 3. The molecular formula is C15H14N4. The van der Waals surface area contributed by atoms with Crippen molar-refractivity contribution in [3.8, 4) is 11.3 Å². The number of anilines is 1. The van der Waals surface area contributed by atoms with E-state index in [4.69, 9.17) is 0 Å². The van der Waals surface area contributed by atoms with E-state index in [9.17, 15) is 0 Å². The van der Waals surface area contributed by atoms with Crippen LogP contribution in [-0.4, -0.2) is 21.5 Å². The second-order valence-corrected chi connectivity index (χ2v) is 4.16. The van der Waals surface area contributed by atoms with Crippen LogP contribution in [0.2, 0.25) is 0 Å². The summed E-state index contributed by atoms with van der Waals surface area (Å²) in [4.78, 5) is 13.3. The summed E-state index contributed by atoms with van der Waals surface area (Å²) in [7, 11) is 0. The standard InChI is InChI=1S/C15H14N4/c1-2-16-15-14(18-9-10-19-15)12-7-3-5-11-6-4-8-17-13(11)12/h3-10H,2H2,1H3,(H,16,19). The third kappa shape index (κ3) is 2.12. The molecule has 1 N–H and O–H groups in total. The van der Waals surface area contributed by atoms with Crippen molar-refractivity contribution in [3.63, 3.8) is 0 Å².